The second-order valence-corrected chi connectivity index (χ2v) is 11.5. The lowest BCUT2D eigenvalue weighted by Gasteiger charge is -2.34. The first-order chi connectivity index (χ1) is 20.6. The van der Waals surface area contributed by atoms with Crippen molar-refractivity contribution >= 4 is 34.4 Å². The molecule has 228 valence electrons. The lowest BCUT2D eigenvalue weighted by Crippen LogP contribution is -2.54. The van der Waals surface area contributed by atoms with E-state index >= 15 is 0 Å². The number of unbranched alkanes of at least 4 members (excludes halogenated alkanes) is 4. The number of aliphatic hydroxyl groups excluding tert-OH is 1. The van der Waals surface area contributed by atoms with Gasteiger partial charge in [-0.3, -0.25) is 9.59 Å². The van der Waals surface area contributed by atoms with Gasteiger partial charge in [0.15, 0.2) is 0 Å². The van der Waals surface area contributed by atoms with E-state index in [1.54, 1.807) is 45.0 Å². The molecule has 2 unspecified atom stereocenters. The molecule has 3 rings (SSSR count). The lowest BCUT2D eigenvalue weighted by molar-refractivity contribution is -0.141. The lowest BCUT2D eigenvalue weighted by atomic mass is 10.00. The van der Waals surface area contributed by atoms with Crippen molar-refractivity contribution in [1.29, 1.82) is 0 Å². The van der Waals surface area contributed by atoms with Crippen LogP contribution in [0.5, 0.6) is 0 Å². The predicted octanol–water partition coefficient (Wildman–Crippen LogP) is 6.19. The Morgan fingerprint density at radius 1 is 0.953 bits per heavy atom. The molecule has 0 heterocycles. The van der Waals surface area contributed by atoms with Crippen LogP contribution in [0.15, 0.2) is 66.7 Å². The number of rotatable bonds is 13. The summed E-state index contributed by atoms with van der Waals surface area (Å²) in [4.78, 5) is 42.1. The number of ether oxygens (including phenoxy) is 1. The number of hydrogen-bond acceptors (Lipinski definition) is 5. The fourth-order valence-corrected chi connectivity index (χ4v) is 4.80. The molecular formula is C35H43N3O5. The molecule has 0 fully saturated rings. The highest BCUT2D eigenvalue weighted by atomic mass is 16.6. The van der Waals surface area contributed by atoms with Crippen molar-refractivity contribution in [3.8, 4) is 12.3 Å². The molecule has 0 saturated carbocycles. The quantitative estimate of drug-likeness (QED) is 0.164. The summed E-state index contributed by atoms with van der Waals surface area (Å²) in [7, 11) is 0. The van der Waals surface area contributed by atoms with Crippen LogP contribution in [0.1, 0.15) is 77.0 Å². The van der Waals surface area contributed by atoms with E-state index in [-0.39, 0.29) is 6.54 Å². The summed E-state index contributed by atoms with van der Waals surface area (Å²) in [5.41, 5.74) is 0.963. The van der Waals surface area contributed by atoms with Crippen LogP contribution in [0, 0.1) is 12.3 Å². The second-order valence-electron chi connectivity index (χ2n) is 11.5. The number of carbonyl (C=O) groups is 3. The minimum Gasteiger partial charge on any atom is -0.444 e. The van der Waals surface area contributed by atoms with Crippen molar-refractivity contribution in [2.24, 2.45) is 0 Å². The van der Waals surface area contributed by atoms with Crippen LogP contribution in [-0.4, -0.2) is 52.7 Å². The number of anilines is 1. The van der Waals surface area contributed by atoms with Crippen LogP contribution in [0.2, 0.25) is 0 Å². The summed E-state index contributed by atoms with van der Waals surface area (Å²) in [6.07, 6.45) is 9.35. The molecule has 0 spiro atoms. The number of amides is 3. The molecule has 0 aromatic heterocycles. The average molecular weight is 586 g/mol. The summed E-state index contributed by atoms with van der Waals surface area (Å²) in [5, 5.41) is 17.7. The van der Waals surface area contributed by atoms with Crippen molar-refractivity contribution in [3.63, 3.8) is 0 Å². The van der Waals surface area contributed by atoms with Crippen molar-refractivity contribution < 1.29 is 24.2 Å². The summed E-state index contributed by atoms with van der Waals surface area (Å²) in [5.74, 6) is 1.55. The number of benzene rings is 3. The van der Waals surface area contributed by atoms with Crippen molar-refractivity contribution in [2.45, 2.75) is 77.5 Å². The van der Waals surface area contributed by atoms with Gasteiger partial charge in [-0.1, -0.05) is 81.0 Å². The zero-order chi connectivity index (χ0) is 31.4. The summed E-state index contributed by atoms with van der Waals surface area (Å²) >= 11 is 0. The maximum Gasteiger partial charge on any atom is 0.408 e. The van der Waals surface area contributed by atoms with E-state index < -0.39 is 42.2 Å². The average Bonchev–Trinajstić information content (AvgIpc) is 2.98. The molecule has 8 nitrogen and oxygen atoms in total. The first-order valence-corrected chi connectivity index (χ1v) is 14.8. The number of aliphatic hydroxyl groups is 1. The van der Waals surface area contributed by atoms with Gasteiger partial charge in [-0.05, 0) is 67.8 Å². The molecule has 0 radical (unpaired) electrons. The highest BCUT2D eigenvalue weighted by Crippen LogP contribution is 2.27. The third kappa shape index (κ3) is 9.86. The van der Waals surface area contributed by atoms with Gasteiger partial charge in [-0.25, -0.2) is 4.79 Å². The van der Waals surface area contributed by atoms with Crippen LogP contribution in [0.3, 0.4) is 0 Å². The SMILES string of the molecule is C#Cc1ccc(C(C(=O)Nc2ccc3ccccc3c2)N(CCCCCCC)C(=O)C(CO)NC(=O)OC(C)(C)C)cc1. The predicted molar refractivity (Wildman–Crippen MR) is 170 cm³/mol. The Balaban J connectivity index is 1.99. The van der Waals surface area contributed by atoms with Crippen LogP contribution >= 0.6 is 0 Å². The minimum absolute atomic E-state index is 0.238. The molecule has 0 aliphatic rings. The number of terminal acetylenes is 1. The third-order valence-corrected chi connectivity index (χ3v) is 6.93. The molecule has 0 bridgehead atoms. The summed E-state index contributed by atoms with van der Waals surface area (Å²) in [6, 6.07) is 18.0. The second kappa shape index (κ2) is 15.8. The van der Waals surface area contributed by atoms with E-state index in [9.17, 15) is 19.5 Å². The smallest absolute Gasteiger partial charge is 0.408 e. The molecule has 0 saturated heterocycles. The van der Waals surface area contributed by atoms with Gasteiger partial charge in [0, 0.05) is 17.8 Å². The Bertz CT molecular complexity index is 1420. The molecule has 2 atom stereocenters. The summed E-state index contributed by atoms with van der Waals surface area (Å²) in [6.45, 7) is 6.81. The molecule has 3 aromatic carbocycles. The molecule has 43 heavy (non-hydrogen) atoms. The Hall–Kier alpha value is -4.35. The van der Waals surface area contributed by atoms with Gasteiger partial charge in [0.05, 0.1) is 6.61 Å². The fourth-order valence-electron chi connectivity index (χ4n) is 4.80. The highest BCUT2D eigenvalue weighted by molar-refractivity contribution is 6.00. The zero-order valence-corrected chi connectivity index (χ0v) is 25.6. The van der Waals surface area contributed by atoms with Crippen LogP contribution < -0.4 is 10.6 Å². The van der Waals surface area contributed by atoms with Crippen molar-refractivity contribution in [3.05, 3.63) is 77.9 Å². The van der Waals surface area contributed by atoms with Crippen LogP contribution in [0.25, 0.3) is 10.8 Å². The normalized spacial score (nSPS) is 12.6. The van der Waals surface area contributed by atoms with Crippen LogP contribution in [-0.2, 0) is 14.3 Å². The van der Waals surface area contributed by atoms with E-state index in [1.807, 2.05) is 42.5 Å². The van der Waals surface area contributed by atoms with Gasteiger partial charge >= 0.3 is 6.09 Å². The number of hydrogen-bond donors (Lipinski definition) is 3. The Morgan fingerprint density at radius 2 is 1.63 bits per heavy atom. The van der Waals surface area contributed by atoms with E-state index in [2.05, 4.69) is 23.5 Å². The maximum absolute atomic E-state index is 14.1. The maximum atomic E-state index is 14.1. The van der Waals surface area contributed by atoms with Gasteiger partial charge in [0.1, 0.15) is 17.7 Å². The topological polar surface area (TPSA) is 108 Å². The standard InChI is InChI=1S/C35H43N3O5/c1-6-8-9-10-13-22-38(33(41)30(24-39)37-34(42)43-35(3,4)5)31(27-18-16-25(7-2)17-19-27)32(40)36-29-21-20-26-14-11-12-15-28(26)23-29/h2,11-12,14-21,23,30-31,39H,6,8-10,13,22,24H2,1,3-5H3,(H,36,40)(H,37,42). The van der Waals surface area contributed by atoms with Gasteiger partial charge in [0.25, 0.3) is 5.91 Å². The summed E-state index contributed by atoms with van der Waals surface area (Å²) < 4.78 is 5.33. The van der Waals surface area contributed by atoms with Gasteiger partial charge in [-0.2, -0.15) is 0 Å². The monoisotopic (exact) mass is 585 g/mol. The zero-order valence-electron chi connectivity index (χ0n) is 25.6. The number of nitrogens with one attached hydrogen (secondary N) is 2. The van der Waals surface area contributed by atoms with E-state index in [0.717, 1.165) is 36.5 Å². The molecular weight excluding hydrogens is 542 g/mol. The Kier molecular flexibility index (Phi) is 12.2. The number of carbonyl (C=O) groups excluding carboxylic acids is 3. The first kappa shape index (κ1) is 33.2. The number of nitrogens with zero attached hydrogens (tertiary/aromatic N) is 1. The third-order valence-electron chi connectivity index (χ3n) is 6.93. The number of alkyl carbamates (subject to hydrolysis) is 1. The van der Waals surface area contributed by atoms with Gasteiger partial charge in [0.2, 0.25) is 5.91 Å². The molecule has 0 aliphatic heterocycles. The Labute approximate surface area is 254 Å². The van der Waals surface area contributed by atoms with E-state index in [4.69, 9.17) is 11.2 Å². The molecule has 3 aromatic rings. The van der Waals surface area contributed by atoms with E-state index in [0.29, 0.717) is 23.2 Å². The molecule has 8 heteroatoms. The Morgan fingerprint density at radius 3 is 2.26 bits per heavy atom. The molecule has 0 aliphatic carbocycles. The molecule has 3 amide bonds. The number of fused-ring (bicyclic) bond motifs is 1. The van der Waals surface area contributed by atoms with Crippen molar-refractivity contribution in [2.75, 3.05) is 18.5 Å². The highest BCUT2D eigenvalue weighted by Gasteiger charge is 2.36. The fraction of sp³-hybridized carbons (Fsp3) is 0.400. The van der Waals surface area contributed by atoms with Gasteiger partial charge in [-0.15, -0.1) is 6.42 Å². The van der Waals surface area contributed by atoms with Crippen molar-refractivity contribution in [1.82, 2.24) is 10.2 Å². The van der Waals surface area contributed by atoms with E-state index in [1.165, 1.54) is 4.90 Å². The molecule has 3 N–H and O–H groups in total. The van der Waals surface area contributed by atoms with Crippen LogP contribution in [0.4, 0.5) is 10.5 Å². The largest absolute Gasteiger partial charge is 0.444 e. The first-order valence-electron chi connectivity index (χ1n) is 14.8. The van der Waals surface area contributed by atoms with Gasteiger partial charge < -0.3 is 25.4 Å². The minimum atomic E-state index is -1.31.